The molecule has 228 valence electrons. The maximum atomic E-state index is 14.6. The molecule has 41 heavy (non-hydrogen) atoms. The monoisotopic (exact) mass is 606 g/mol. The number of halogens is 6. The molecule has 5 unspecified atom stereocenters. The SMILES string of the molecule is COc1c(C2C(C(=O)Nc3ccnc(C(CF)O[Si](C)(C)C(C)(C)C)c3)OC(C)(C(F)(F)F)C2C)ccc(F)c1F. The number of carbonyl (C=O) groups is 1. The Bertz CT molecular complexity index is 1270. The normalized spacial score (nSPS) is 24.3. The van der Waals surface area contributed by atoms with Crippen molar-refractivity contribution >= 4 is 19.9 Å². The van der Waals surface area contributed by atoms with Crippen LogP contribution in [-0.4, -0.2) is 50.9 Å². The number of alkyl halides is 4. The number of hydrogen-bond donors (Lipinski definition) is 1. The van der Waals surface area contributed by atoms with E-state index in [0.717, 1.165) is 26.2 Å². The largest absolute Gasteiger partial charge is 0.493 e. The fraction of sp³-hybridized carbons (Fsp3) is 0.571. The number of benzene rings is 1. The minimum absolute atomic E-state index is 0.116. The van der Waals surface area contributed by atoms with Crippen LogP contribution in [0.1, 0.15) is 57.9 Å². The molecule has 0 aliphatic carbocycles. The molecule has 2 heterocycles. The fourth-order valence-electron chi connectivity index (χ4n) is 4.66. The zero-order valence-corrected chi connectivity index (χ0v) is 25.3. The Labute approximate surface area is 236 Å². The van der Waals surface area contributed by atoms with Crippen LogP contribution in [0.4, 0.5) is 32.0 Å². The highest BCUT2D eigenvalue weighted by Gasteiger charge is 2.66. The molecule has 13 heteroatoms. The van der Waals surface area contributed by atoms with Crippen LogP contribution in [0, 0.1) is 17.6 Å². The second kappa shape index (κ2) is 11.6. The number of nitrogens with one attached hydrogen (secondary N) is 1. The highest BCUT2D eigenvalue weighted by Crippen LogP contribution is 2.55. The number of nitrogens with zero attached hydrogens (tertiary/aromatic N) is 1. The summed E-state index contributed by atoms with van der Waals surface area (Å²) in [5, 5.41) is 2.30. The Morgan fingerprint density at radius 3 is 2.37 bits per heavy atom. The number of amides is 1. The molecule has 1 aromatic carbocycles. The van der Waals surface area contributed by atoms with Crippen LogP contribution in [0.3, 0.4) is 0 Å². The van der Waals surface area contributed by atoms with E-state index in [1.165, 1.54) is 25.3 Å². The van der Waals surface area contributed by atoms with Gasteiger partial charge in [0.1, 0.15) is 18.9 Å². The van der Waals surface area contributed by atoms with Gasteiger partial charge in [-0.05, 0) is 43.3 Å². The predicted molar refractivity (Wildman–Crippen MR) is 144 cm³/mol. The third-order valence-corrected chi connectivity index (χ3v) is 12.8. The second-order valence-corrected chi connectivity index (χ2v) is 16.7. The second-order valence-electron chi connectivity index (χ2n) is 11.9. The molecule has 1 aliphatic heterocycles. The third-order valence-electron chi connectivity index (χ3n) is 8.33. The molecule has 1 saturated heterocycles. The number of methoxy groups -OCH3 is 1. The van der Waals surface area contributed by atoms with Gasteiger partial charge in [-0.2, -0.15) is 17.6 Å². The van der Waals surface area contributed by atoms with Crippen molar-refractivity contribution in [3.63, 3.8) is 0 Å². The van der Waals surface area contributed by atoms with Gasteiger partial charge in [0.15, 0.2) is 25.5 Å². The first kappa shape index (κ1) is 32.9. The zero-order chi connectivity index (χ0) is 31.1. The standard InChI is InChI=1S/C28H36F6N2O4Si/c1-15-21(17-9-10-18(30)22(31)23(17)38-6)24(39-27(15,5)28(32,33)34)25(37)36-16-11-12-35-19(13-16)20(14-29)40-41(7,8)26(2,3)4/h9-13,15,20-21,24H,14H2,1-8H3,(H,35,36,37). The molecule has 3 rings (SSSR count). The van der Waals surface area contributed by atoms with Gasteiger partial charge in [0.05, 0.1) is 12.8 Å². The first-order chi connectivity index (χ1) is 18.8. The predicted octanol–water partition coefficient (Wildman–Crippen LogP) is 7.48. The van der Waals surface area contributed by atoms with Crippen molar-refractivity contribution in [3.05, 3.63) is 53.4 Å². The van der Waals surface area contributed by atoms with Crippen LogP contribution in [0.5, 0.6) is 5.75 Å². The highest BCUT2D eigenvalue weighted by atomic mass is 28.4. The smallest absolute Gasteiger partial charge is 0.417 e. The first-order valence-electron chi connectivity index (χ1n) is 13.1. The van der Waals surface area contributed by atoms with Gasteiger partial charge in [-0.3, -0.25) is 9.78 Å². The fourth-order valence-corrected chi connectivity index (χ4v) is 5.91. The number of ether oxygens (including phenoxy) is 2. The van der Waals surface area contributed by atoms with Crippen molar-refractivity contribution in [2.75, 3.05) is 19.1 Å². The Morgan fingerprint density at radius 2 is 1.83 bits per heavy atom. The van der Waals surface area contributed by atoms with E-state index in [2.05, 4.69) is 10.3 Å². The molecule has 6 nitrogen and oxygen atoms in total. The number of aromatic nitrogens is 1. The lowest BCUT2D eigenvalue weighted by atomic mass is 9.77. The number of rotatable bonds is 8. The molecule has 0 saturated carbocycles. The van der Waals surface area contributed by atoms with Crippen LogP contribution in [0.2, 0.25) is 18.1 Å². The van der Waals surface area contributed by atoms with Crippen LogP contribution in [0.15, 0.2) is 30.5 Å². The summed E-state index contributed by atoms with van der Waals surface area (Å²) in [7, 11) is -1.36. The number of anilines is 1. The van der Waals surface area contributed by atoms with Crippen molar-refractivity contribution in [1.29, 1.82) is 0 Å². The molecule has 2 aromatic rings. The van der Waals surface area contributed by atoms with Gasteiger partial charge >= 0.3 is 6.18 Å². The van der Waals surface area contributed by atoms with Gasteiger partial charge in [-0.1, -0.05) is 33.8 Å². The molecule has 1 aliphatic rings. The molecule has 1 N–H and O–H groups in total. The van der Waals surface area contributed by atoms with E-state index in [9.17, 15) is 31.1 Å². The molecular weight excluding hydrogens is 570 g/mol. The Balaban J connectivity index is 1.99. The van der Waals surface area contributed by atoms with Crippen LogP contribution < -0.4 is 10.1 Å². The first-order valence-corrected chi connectivity index (χ1v) is 16.0. The molecule has 1 fully saturated rings. The van der Waals surface area contributed by atoms with Crippen molar-refractivity contribution in [2.24, 2.45) is 5.92 Å². The van der Waals surface area contributed by atoms with Crippen molar-refractivity contribution in [3.8, 4) is 5.75 Å². The summed E-state index contributed by atoms with van der Waals surface area (Å²) in [5.41, 5.74) is -2.64. The van der Waals surface area contributed by atoms with E-state index in [1.807, 2.05) is 33.9 Å². The van der Waals surface area contributed by atoms with E-state index >= 15 is 0 Å². The van der Waals surface area contributed by atoms with Crippen molar-refractivity contribution in [1.82, 2.24) is 4.98 Å². The molecule has 0 spiro atoms. The summed E-state index contributed by atoms with van der Waals surface area (Å²) in [5.74, 6) is -7.01. The van der Waals surface area contributed by atoms with E-state index in [1.54, 1.807) is 0 Å². The summed E-state index contributed by atoms with van der Waals surface area (Å²) < 4.78 is 102. The molecular formula is C28H36F6N2O4Si. The van der Waals surface area contributed by atoms with Crippen molar-refractivity contribution in [2.45, 2.75) is 82.7 Å². The van der Waals surface area contributed by atoms with Gasteiger partial charge < -0.3 is 19.2 Å². The summed E-state index contributed by atoms with van der Waals surface area (Å²) >= 11 is 0. The molecule has 0 radical (unpaired) electrons. The van der Waals surface area contributed by atoms with Gasteiger partial charge in [0.2, 0.25) is 5.82 Å². The summed E-state index contributed by atoms with van der Waals surface area (Å²) in [4.78, 5) is 17.7. The van der Waals surface area contributed by atoms with E-state index in [-0.39, 0.29) is 22.0 Å². The maximum Gasteiger partial charge on any atom is 0.417 e. The third kappa shape index (κ3) is 6.26. The van der Waals surface area contributed by atoms with Gasteiger partial charge in [0, 0.05) is 29.3 Å². The minimum Gasteiger partial charge on any atom is -0.493 e. The van der Waals surface area contributed by atoms with Gasteiger partial charge in [-0.15, -0.1) is 0 Å². The average molecular weight is 607 g/mol. The van der Waals surface area contributed by atoms with E-state index in [0.29, 0.717) is 0 Å². The highest BCUT2D eigenvalue weighted by molar-refractivity contribution is 6.74. The number of pyridine rings is 1. The minimum atomic E-state index is -4.90. The average Bonchev–Trinajstić information content (AvgIpc) is 3.15. The molecule has 1 aromatic heterocycles. The number of carbonyl (C=O) groups excluding carboxylic acids is 1. The Morgan fingerprint density at radius 1 is 1.20 bits per heavy atom. The van der Waals surface area contributed by atoms with E-state index < -0.39 is 74.1 Å². The maximum absolute atomic E-state index is 14.6. The Hall–Kier alpha value is -2.64. The van der Waals surface area contributed by atoms with E-state index in [4.69, 9.17) is 13.9 Å². The molecule has 1 amide bonds. The lowest BCUT2D eigenvalue weighted by Gasteiger charge is -2.38. The van der Waals surface area contributed by atoms with Crippen molar-refractivity contribution < 1.29 is 45.0 Å². The summed E-state index contributed by atoms with van der Waals surface area (Å²) in [6, 6.07) is 4.60. The molecule has 5 atom stereocenters. The lowest BCUT2D eigenvalue weighted by molar-refractivity contribution is -0.272. The summed E-state index contributed by atoms with van der Waals surface area (Å²) in [6.45, 7) is 11.0. The Kier molecular flexibility index (Phi) is 9.27. The van der Waals surface area contributed by atoms with Crippen LogP contribution in [-0.2, 0) is 14.0 Å². The topological polar surface area (TPSA) is 69.7 Å². The van der Waals surface area contributed by atoms with Crippen LogP contribution in [0.25, 0.3) is 0 Å². The number of hydrogen-bond acceptors (Lipinski definition) is 5. The van der Waals surface area contributed by atoms with Crippen LogP contribution >= 0.6 is 0 Å². The van der Waals surface area contributed by atoms with Gasteiger partial charge in [0.25, 0.3) is 5.91 Å². The van der Waals surface area contributed by atoms with Gasteiger partial charge in [-0.25, -0.2) is 8.78 Å². The lowest BCUT2D eigenvalue weighted by Crippen LogP contribution is -2.47. The quantitative estimate of drug-likeness (QED) is 0.249. The summed E-state index contributed by atoms with van der Waals surface area (Å²) in [6.07, 6.45) is -6.38. The molecule has 0 bridgehead atoms. The zero-order valence-electron chi connectivity index (χ0n) is 24.3.